The molecule has 500 valence electrons. The molecule has 10 unspecified atom stereocenters. The Balaban J connectivity index is 0.000000148. The van der Waals surface area contributed by atoms with Crippen LogP contribution in [0.25, 0.3) is 0 Å². The van der Waals surface area contributed by atoms with Gasteiger partial charge in [-0.25, -0.2) is 19.9 Å². The summed E-state index contributed by atoms with van der Waals surface area (Å²) in [6.45, 7) is 12.5. The third-order valence-electron chi connectivity index (χ3n) is 23.3. The number of aromatic nitrogens is 12. The van der Waals surface area contributed by atoms with E-state index < -0.39 is 16.6 Å². The van der Waals surface area contributed by atoms with Crippen molar-refractivity contribution in [2.75, 3.05) is 26.4 Å². The summed E-state index contributed by atoms with van der Waals surface area (Å²) >= 11 is 23.9. The fourth-order valence-corrected chi connectivity index (χ4v) is 17.8. The normalized spacial score (nSPS) is 29.0. The summed E-state index contributed by atoms with van der Waals surface area (Å²) in [5, 5.41) is 63.1. The van der Waals surface area contributed by atoms with Gasteiger partial charge in [-0.15, -0.1) is 0 Å². The average Bonchev–Trinajstić information content (AvgIpc) is 1.60. The first-order chi connectivity index (χ1) is 44.8. The number of nitrogens with zero attached hydrogens (tertiary/aromatic N) is 12. The molecule has 6 aliphatic rings. The summed E-state index contributed by atoms with van der Waals surface area (Å²) in [7, 11) is 0. The molecule has 4 aromatic heterocycles. The smallest absolute Gasteiger partial charge is 1.00 e. The predicted octanol–water partition coefficient (Wildman–Crippen LogP) is 9.63. The Bertz CT molecular complexity index is 3480. The molecule has 23 heteroatoms. The monoisotopic (exact) mass is 1370 g/mol. The molecule has 8 aromatic rings. The van der Waals surface area contributed by atoms with Crippen LogP contribution in [0.1, 0.15) is 122 Å². The molecule has 2 saturated heterocycles. The average molecular weight is 1370 g/mol. The Morgan fingerprint density at radius 2 is 0.766 bits per heavy atom. The van der Waals surface area contributed by atoms with E-state index in [0.29, 0.717) is 41.7 Å². The van der Waals surface area contributed by atoms with Crippen LogP contribution in [-0.4, -0.2) is 128 Å². The molecule has 14 rings (SSSR count). The van der Waals surface area contributed by atoms with Crippen LogP contribution in [0.5, 0.6) is 0 Å². The van der Waals surface area contributed by atoms with Crippen molar-refractivity contribution in [1.29, 1.82) is 0 Å². The van der Waals surface area contributed by atoms with E-state index in [0.717, 1.165) is 98.3 Å². The van der Waals surface area contributed by atoms with Crippen LogP contribution in [0, 0.1) is 45.3 Å². The van der Waals surface area contributed by atoms with Gasteiger partial charge in [0.15, 0.2) is 0 Å². The number of fused-ring (bicyclic) bond motifs is 2. The molecule has 10 atom stereocenters. The first-order valence-electron chi connectivity index (χ1n) is 33.1. The topological polar surface area (TPSA) is 222 Å². The molecule has 6 heterocycles. The first-order valence-corrected chi connectivity index (χ1v) is 34.6. The van der Waals surface area contributed by atoms with Crippen molar-refractivity contribution in [1.82, 2.24) is 59.1 Å². The number of hydrogen-bond donors (Lipinski definition) is 4. The maximum Gasteiger partial charge on any atom is 1.00 e. The number of aliphatic hydroxyl groups excluding tert-OH is 2. The summed E-state index contributed by atoms with van der Waals surface area (Å²) in [6, 6.07) is 31.9. The molecule has 4 aliphatic carbocycles. The van der Waals surface area contributed by atoms with Crippen molar-refractivity contribution in [3.8, 4) is 0 Å². The summed E-state index contributed by atoms with van der Waals surface area (Å²) in [5.41, 5.74) is 2.24. The molecule has 0 amide bonds. The molecular weight excluding hydrogens is 1280 g/mol. The molecule has 4 aromatic carbocycles. The summed E-state index contributed by atoms with van der Waals surface area (Å²) in [6.07, 6.45) is 27.9. The molecule has 0 radical (unpaired) electrons. The number of aliphatic hydroxyl groups is 4. The van der Waals surface area contributed by atoms with Gasteiger partial charge in [0.2, 0.25) is 0 Å². The predicted molar refractivity (Wildman–Crippen MR) is 360 cm³/mol. The number of hydrogen-bond acceptors (Lipinski definition) is 14. The molecule has 4 saturated carbocycles. The molecule has 0 bridgehead atoms. The minimum Gasteiger partial charge on any atom is -1.00 e. The summed E-state index contributed by atoms with van der Waals surface area (Å²) < 4.78 is 19.7. The Kier molecular flexibility index (Phi) is 23.5. The van der Waals surface area contributed by atoms with Gasteiger partial charge >= 0.3 is 29.6 Å². The number of halogens is 4. The van der Waals surface area contributed by atoms with Crippen molar-refractivity contribution >= 4 is 46.4 Å². The van der Waals surface area contributed by atoms with Crippen LogP contribution in [-0.2, 0) is 61.3 Å². The van der Waals surface area contributed by atoms with Crippen molar-refractivity contribution in [3.05, 3.63) is 190 Å². The Morgan fingerprint density at radius 1 is 0.436 bits per heavy atom. The second kappa shape index (κ2) is 30.6. The Morgan fingerprint density at radius 3 is 1.10 bits per heavy atom. The largest absolute Gasteiger partial charge is 1.00 e. The molecule has 0 spiro atoms. The molecule has 6 fully saturated rings. The standard InChI is InChI=1S/C19H26ClN3O.C18H22ClN3O.C17H22ClN3O3.C17H20ClN3O.Na.H/c1-3-18(4-2)10-9-16(11-15-5-7-17(20)8-6-15)19(18,24)12-23-14-21-13-22-23;1-2-17-8-7-15(9-14-3-5-16(19)6-4-14)18(17,23-11-17)10-22-13-20-12-21-22;18-15-3-1-13(2-4-15)7-14-5-6-16(9-22,10-23)17(14,24)8-21-12-19-11-20-21;1-16-7-6-14(8-13-2-4-15(18)5-3-13)17(16,22-10-16)9-21-12-19-11-20-21;;/h5-8,13-14,16,24H,3-4,9-12H2,1-2H3;3-6,12-13,15H,2,7-11H2,1H3;1-4,11-12,14,22-24H,5-10H2;2-5,11-12,14H,6-10H2,1H3;;/q;;;;+1;-1. The third kappa shape index (κ3) is 14.4. The third-order valence-corrected chi connectivity index (χ3v) is 24.3. The summed E-state index contributed by atoms with van der Waals surface area (Å²) in [5.74, 6) is 1.13. The van der Waals surface area contributed by atoms with E-state index >= 15 is 0 Å². The second-order valence-corrected chi connectivity index (χ2v) is 29.4. The van der Waals surface area contributed by atoms with Gasteiger partial charge in [-0.1, -0.05) is 123 Å². The van der Waals surface area contributed by atoms with Gasteiger partial charge in [-0.3, -0.25) is 18.7 Å². The zero-order valence-corrected chi connectivity index (χ0v) is 59.9. The van der Waals surface area contributed by atoms with E-state index in [-0.39, 0.29) is 84.6 Å². The maximum absolute atomic E-state index is 11.8. The van der Waals surface area contributed by atoms with E-state index in [9.17, 15) is 20.4 Å². The van der Waals surface area contributed by atoms with Gasteiger partial charge in [0.1, 0.15) is 50.6 Å². The number of ether oxygens (including phenoxy) is 2. The van der Waals surface area contributed by atoms with Gasteiger partial charge in [0, 0.05) is 41.8 Å². The Hall–Kier alpha value is -4.64. The molecule has 4 N–H and O–H groups in total. The van der Waals surface area contributed by atoms with Crippen LogP contribution in [0.3, 0.4) is 0 Å². The van der Waals surface area contributed by atoms with Crippen LogP contribution in [0.4, 0.5) is 0 Å². The van der Waals surface area contributed by atoms with E-state index in [1.54, 1.807) is 41.0 Å². The fourth-order valence-electron chi connectivity index (χ4n) is 17.3. The van der Waals surface area contributed by atoms with Gasteiger partial charge in [0.05, 0.1) is 75.0 Å². The SMILES string of the molecule is CC12CCC(Cc3ccc(Cl)cc3)C1(Cn1cncn1)OC2.CCC1(CC)CCC(Cc2ccc(Cl)cc2)C1(O)Cn1cncn1.CCC12CCC(Cc3ccc(Cl)cc3)C1(Cn1cncn1)OC2.OCC1(CO)CCC(Cc2ccc(Cl)cc2)C1(O)Cn1cncn1.[H-].[Na+]. The van der Waals surface area contributed by atoms with E-state index in [2.05, 4.69) is 104 Å². The van der Waals surface area contributed by atoms with Crippen LogP contribution < -0.4 is 29.6 Å². The van der Waals surface area contributed by atoms with Crippen molar-refractivity contribution in [2.24, 2.45) is 45.3 Å². The number of benzene rings is 4. The molecular formula is C71H91Cl4N12NaO6. The maximum atomic E-state index is 11.8. The van der Waals surface area contributed by atoms with Gasteiger partial charge in [-0.2, -0.15) is 20.4 Å². The van der Waals surface area contributed by atoms with Crippen molar-refractivity contribution < 1.29 is 60.9 Å². The molecule has 2 aliphatic heterocycles. The summed E-state index contributed by atoms with van der Waals surface area (Å²) in [4.78, 5) is 16.1. The van der Waals surface area contributed by atoms with Gasteiger partial charge < -0.3 is 31.3 Å². The Labute approximate surface area is 596 Å². The minimum absolute atomic E-state index is 0. The minimum atomic E-state index is -1.27. The first kappa shape index (κ1) is 72.1. The molecule has 18 nitrogen and oxygen atoms in total. The zero-order valence-electron chi connectivity index (χ0n) is 55.9. The van der Waals surface area contributed by atoms with Crippen LogP contribution in [0.2, 0.25) is 20.1 Å². The van der Waals surface area contributed by atoms with Crippen LogP contribution >= 0.6 is 46.4 Å². The second-order valence-electron chi connectivity index (χ2n) is 27.6. The fraction of sp³-hybridized carbons (Fsp3) is 0.549. The van der Waals surface area contributed by atoms with E-state index in [4.69, 9.17) is 55.9 Å². The van der Waals surface area contributed by atoms with Crippen LogP contribution in [0.15, 0.2) is 148 Å². The zero-order chi connectivity index (χ0) is 65.5. The number of rotatable bonds is 21. The van der Waals surface area contributed by atoms with Gasteiger partial charge in [0.25, 0.3) is 0 Å². The van der Waals surface area contributed by atoms with Gasteiger partial charge in [-0.05, 0) is 191 Å². The van der Waals surface area contributed by atoms with Crippen molar-refractivity contribution in [3.63, 3.8) is 0 Å². The quantitative estimate of drug-likeness (QED) is 0.0492. The van der Waals surface area contributed by atoms with E-state index in [1.807, 2.05) is 70.0 Å². The molecule has 94 heavy (non-hydrogen) atoms. The van der Waals surface area contributed by atoms with Crippen molar-refractivity contribution in [2.45, 2.75) is 173 Å². The van der Waals surface area contributed by atoms with E-state index in [1.165, 1.54) is 67.8 Å².